The highest BCUT2D eigenvalue weighted by Crippen LogP contribution is 2.49. The maximum Gasteiger partial charge on any atom is 0.416 e. The van der Waals surface area contributed by atoms with Crippen LogP contribution in [0.5, 0.6) is 0 Å². The van der Waals surface area contributed by atoms with E-state index in [0.29, 0.717) is 17.7 Å². The van der Waals surface area contributed by atoms with Crippen LogP contribution in [-0.4, -0.2) is 33.4 Å². The van der Waals surface area contributed by atoms with E-state index in [1.54, 1.807) is 32.0 Å². The zero-order valence-corrected chi connectivity index (χ0v) is 21.7. The summed E-state index contributed by atoms with van der Waals surface area (Å²) >= 11 is 2.20. The Morgan fingerprint density at radius 2 is 1.79 bits per heavy atom. The number of ether oxygens (including phenoxy) is 1. The van der Waals surface area contributed by atoms with Gasteiger partial charge in [-0.1, -0.05) is 60.2 Å². The van der Waals surface area contributed by atoms with Crippen molar-refractivity contribution in [3.05, 3.63) is 70.5 Å². The van der Waals surface area contributed by atoms with E-state index < -0.39 is 23.9 Å². The molecule has 2 aromatic rings. The molecule has 0 aliphatic carbocycles. The monoisotopic (exact) mass is 589 g/mol. The molecule has 0 bridgehead atoms. The third kappa shape index (κ3) is 4.85. The highest BCUT2D eigenvalue weighted by molar-refractivity contribution is 14.1. The van der Waals surface area contributed by atoms with Crippen molar-refractivity contribution < 1.29 is 27.1 Å². The number of fused-ring (bicyclic) bond motifs is 1. The van der Waals surface area contributed by atoms with E-state index in [2.05, 4.69) is 36.4 Å². The standard InChI is InChI=1S/C26H28F4INO2/c1-14-9-17(11-18(10-14)26(28,29)30)15(2)34-21-13-32-20(12-25(3,4)23(31)24(32)33)22(21)16-5-7-19(27)8-6-16/h5-11,15,20-23H,12-13H2,1-4H3/t15-,20?,21+,22?,23?/m1/s1. The van der Waals surface area contributed by atoms with Crippen molar-refractivity contribution in [1.29, 1.82) is 0 Å². The van der Waals surface area contributed by atoms with Crippen molar-refractivity contribution >= 4 is 28.5 Å². The fraction of sp³-hybridized carbons (Fsp3) is 0.500. The number of carbonyl (C=O) groups is 1. The van der Waals surface area contributed by atoms with Crippen molar-refractivity contribution in [2.75, 3.05) is 6.54 Å². The molecule has 2 fully saturated rings. The van der Waals surface area contributed by atoms with Crippen molar-refractivity contribution in [1.82, 2.24) is 4.90 Å². The fourth-order valence-electron chi connectivity index (χ4n) is 5.30. The molecule has 4 rings (SSSR count). The zero-order chi connectivity index (χ0) is 25.0. The molecule has 0 radical (unpaired) electrons. The lowest BCUT2D eigenvalue weighted by Gasteiger charge is -2.44. The minimum atomic E-state index is -4.45. The van der Waals surface area contributed by atoms with E-state index in [-0.39, 0.29) is 33.0 Å². The summed E-state index contributed by atoms with van der Waals surface area (Å²) in [6.45, 7) is 7.86. The molecular formula is C26H28F4INO2. The molecule has 0 N–H and O–H groups in total. The van der Waals surface area contributed by atoms with Gasteiger partial charge < -0.3 is 9.64 Å². The van der Waals surface area contributed by atoms with E-state index >= 15 is 0 Å². The summed E-state index contributed by atoms with van der Waals surface area (Å²) in [7, 11) is 0. The lowest BCUT2D eigenvalue weighted by molar-refractivity contribution is -0.138. The zero-order valence-electron chi connectivity index (χ0n) is 19.5. The first-order valence-corrected chi connectivity index (χ1v) is 12.6. The molecule has 5 atom stereocenters. The van der Waals surface area contributed by atoms with Crippen LogP contribution in [0.3, 0.4) is 0 Å². The lowest BCUT2D eigenvalue weighted by Crippen LogP contribution is -2.53. The van der Waals surface area contributed by atoms with Gasteiger partial charge in [0.15, 0.2) is 0 Å². The minimum absolute atomic E-state index is 0.0441. The Hall–Kier alpha value is -1.68. The minimum Gasteiger partial charge on any atom is -0.368 e. The second-order valence-electron chi connectivity index (χ2n) is 10.1. The Bertz CT molecular complexity index is 1070. The van der Waals surface area contributed by atoms with Gasteiger partial charge in [0.1, 0.15) is 5.82 Å². The highest BCUT2D eigenvalue weighted by atomic mass is 127. The molecule has 2 saturated heterocycles. The van der Waals surface area contributed by atoms with Gasteiger partial charge in [0.2, 0.25) is 5.91 Å². The van der Waals surface area contributed by atoms with E-state index in [4.69, 9.17) is 4.74 Å². The average molecular weight is 589 g/mol. The van der Waals surface area contributed by atoms with Crippen molar-refractivity contribution in [2.45, 2.75) is 68.4 Å². The number of aryl methyl sites for hydroxylation is 1. The molecule has 0 saturated carbocycles. The van der Waals surface area contributed by atoms with Crippen LogP contribution in [0, 0.1) is 18.2 Å². The average Bonchev–Trinajstić information content (AvgIpc) is 3.08. The first-order valence-electron chi connectivity index (χ1n) is 11.3. The van der Waals surface area contributed by atoms with Gasteiger partial charge in [0.05, 0.1) is 21.7 Å². The third-order valence-corrected chi connectivity index (χ3v) is 9.26. The third-order valence-electron chi connectivity index (χ3n) is 7.04. The molecule has 2 aromatic carbocycles. The molecular weight excluding hydrogens is 561 g/mol. The predicted octanol–water partition coefficient (Wildman–Crippen LogP) is 6.83. The van der Waals surface area contributed by atoms with Gasteiger partial charge in [-0.15, -0.1) is 0 Å². The summed E-state index contributed by atoms with van der Waals surface area (Å²) in [6, 6.07) is 10.0. The maximum atomic E-state index is 13.7. The van der Waals surface area contributed by atoms with Gasteiger partial charge in [-0.2, -0.15) is 13.2 Å². The summed E-state index contributed by atoms with van der Waals surface area (Å²) in [5.41, 5.74) is 0.871. The SMILES string of the molecule is Cc1cc([C@@H](C)O[C@H]2CN3C(=O)C(I)C(C)(C)CC3C2c2ccc(F)cc2)cc(C(F)(F)F)c1. The van der Waals surface area contributed by atoms with Crippen molar-refractivity contribution in [2.24, 2.45) is 5.41 Å². The van der Waals surface area contributed by atoms with Crippen LogP contribution in [0.15, 0.2) is 42.5 Å². The molecule has 0 spiro atoms. The quantitative estimate of drug-likeness (QED) is 0.223. The number of carbonyl (C=O) groups excluding carboxylic acids is 1. The number of nitrogens with zero attached hydrogens (tertiary/aromatic N) is 1. The van der Waals surface area contributed by atoms with Gasteiger partial charge in [0, 0.05) is 18.5 Å². The van der Waals surface area contributed by atoms with Crippen LogP contribution in [0.25, 0.3) is 0 Å². The molecule has 8 heteroatoms. The van der Waals surface area contributed by atoms with Gasteiger partial charge in [-0.05, 0) is 61.1 Å². The molecule has 2 aliphatic heterocycles. The molecule has 3 unspecified atom stereocenters. The number of benzene rings is 2. The Morgan fingerprint density at radius 3 is 2.41 bits per heavy atom. The number of amides is 1. The number of halogens is 5. The van der Waals surface area contributed by atoms with Crippen LogP contribution in [0.1, 0.15) is 61.5 Å². The van der Waals surface area contributed by atoms with E-state index in [1.807, 2.05) is 4.90 Å². The van der Waals surface area contributed by atoms with Crippen LogP contribution in [-0.2, 0) is 15.7 Å². The van der Waals surface area contributed by atoms with Crippen LogP contribution < -0.4 is 0 Å². The number of rotatable bonds is 4. The first kappa shape index (κ1) is 25.4. The molecule has 2 heterocycles. The van der Waals surface area contributed by atoms with Gasteiger partial charge in [-0.25, -0.2) is 4.39 Å². The summed E-state index contributed by atoms with van der Waals surface area (Å²) in [4.78, 5) is 15.1. The number of hydrogen-bond donors (Lipinski definition) is 0. The molecule has 184 valence electrons. The topological polar surface area (TPSA) is 29.5 Å². The van der Waals surface area contributed by atoms with E-state index in [0.717, 1.165) is 24.1 Å². The van der Waals surface area contributed by atoms with E-state index in [9.17, 15) is 22.4 Å². The molecule has 1 amide bonds. The summed E-state index contributed by atoms with van der Waals surface area (Å²) in [5, 5.41) is 0. The normalized spacial score (nSPS) is 27.6. The van der Waals surface area contributed by atoms with Gasteiger partial charge >= 0.3 is 6.18 Å². The van der Waals surface area contributed by atoms with Crippen molar-refractivity contribution in [3.8, 4) is 0 Å². The number of piperidine rings is 1. The molecule has 2 aliphatic rings. The lowest BCUT2D eigenvalue weighted by atomic mass is 9.74. The van der Waals surface area contributed by atoms with Gasteiger partial charge in [0.25, 0.3) is 0 Å². The molecule has 3 nitrogen and oxygen atoms in total. The maximum absolute atomic E-state index is 13.7. The Balaban J connectivity index is 1.68. The molecule has 34 heavy (non-hydrogen) atoms. The summed E-state index contributed by atoms with van der Waals surface area (Å²) < 4.78 is 60.0. The summed E-state index contributed by atoms with van der Waals surface area (Å²) in [5.74, 6) is -0.513. The highest BCUT2D eigenvalue weighted by Gasteiger charge is 2.54. The Kier molecular flexibility index (Phi) is 6.78. The fourth-order valence-corrected chi connectivity index (χ4v) is 5.91. The van der Waals surface area contributed by atoms with Crippen LogP contribution in [0.2, 0.25) is 0 Å². The van der Waals surface area contributed by atoms with Crippen LogP contribution in [0.4, 0.5) is 17.6 Å². The van der Waals surface area contributed by atoms with E-state index in [1.165, 1.54) is 12.1 Å². The largest absolute Gasteiger partial charge is 0.416 e. The second kappa shape index (κ2) is 9.08. The Morgan fingerprint density at radius 1 is 1.15 bits per heavy atom. The summed E-state index contributed by atoms with van der Waals surface area (Å²) in [6.07, 6.45) is -4.74. The van der Waals surface area contributed by atoms with Crippen molar-refractivity contribution in [3.63, 3.8) is 0 Å². The van der Waals surface area contributed by atoms with Gasteiger partial charge in [-0.3, -0.25) is 4.79 Å². The van der Waals surface area contributed by atoms with Crippen LogP contribution >= 0.6 is 22.6 Å². The number of hydrogen-bond acceptors (Lipinski definition) is 2. The first-order chi connectivity index (χ1) is 15.8. The number of alkyl halides is 4. The Labute approximate surface area is 211 Å². The molecule has 0 aromatic heterocycles. The second-order valence-corrected chi connectivity index (χ2v) is 11.4. The predicted molar refractivity (Wildman–Crippen MR) is 130 cm³/mol. The smallest absolute Gasteiger partial charge is 0.368 e.